The number of pyridine rings is 1. The predicted molar refractivity (Wildman–Crippen MR) is 94.3 cm³/mol. The number of anilines is 1. The number of hydrogen-bond donors (Lipinski definition) is 2. The molecule has 3 heterocycles. The number of nitrogens with zero attached hydrogens (tertiary/aromatic N) is 4. The van der Waals surface area contributed by atoms with Crippen molar-refractivity contribution in [3.63, 3.8) is 0 Å². The van der Waals surface area contributed by atoms with Crippen LogP contribution in [0.3, 0.4) is 0 Å². The van der Waals surface area contributed by atoms with Crippen molar-refractivity contribution in [3.8, 4) is 0 Å². The van der Waals surface area contributed by atoms with Gasteiger partial charge >= 0.3 is 12.0 Å². The quantitative estimate of drug-likeness (QED) is 0.767. The molecule has 3 rings (SSSR count). The number of hydrogen-bond acceptors (Lipinski definition) is 5. The molecule has 8 heteroatoms. The number of carbonyl (C=O) groups excluding carboxylic acids is 1. The van der Waals surface area contributed by atoms with E-state index >= 15 is 0 Å². The SMILES string of the molecule is CN1CCN(CCN2Cc3cc(/C=C/C(=O)O)cnc3NC2=O)CC1. The highest BCUT2D eigenvalue weighted by atomic mass is 16.4. The van der Waals surface area contributed by atoms with Gasteiger partial charge in [0.05, 0.1) is 6.54 Å². The van der Waals surface area contributed by atoms with E-state index in [4.69, 9.17) is 5.11 Å². The van der Waals surface area contributed by atoms with E-state index in [1.165, 1.54) is 6.08 Å². The maximum Gasteiger partial charge on any atom is 0.328 e. The summed E-state index contributed by atoms with van der Waals surface area (Å²) >= 11 is 0. The van der Waals surface area contributed by atoms with Crippen LogP contribution in [-0.4, -0.2) is 83.1 Å². The molecule has 1 aromatic heterocycles. The first kappa shape index (κ1) is 17.4. The number of rotatable bonds is 5. The monoisotopic (exact) mass is 345 g/mol. The smallest absolute Gasteiger partial charge is 0.328 e. The number of aromatic nitrogens is 1. The lowest BCUT2D eigenvalue weighted by Gasteiger charge is -2.35. The number of carbonyl (C=O) groups is 2. The molecule has 0 saturated carbocycles. The fourth-order valence-electron chi connectivity index (χ4n) is 2.99. The highest BCUT2D eigenvalue weighted by Crippen LogP contribution is 2.22. The van der Waals surface area contributed by atoms with E-state index in [0.29, 0.717) is 24.5 Å². The summed E-state index contributed by atoms with van der Waals surface area (Å²) < 4.78 is 0. The summed E-state index contributed by atoms with van der Waals surface area (Å²) in [5, 5.41) is 11.5. The van der Waals surface area contributed by atoms with Gasteiger partial charge in [-0.25, -0.2) is 14.6 Å². The summed E-state index contributed by atoms with van der Waals surface area (Å²) in [6.45, 7) is 6.14. The molecule has 2 aliphatic heterocycles. The third-order valence-electron chi connectivity index (χ3n) is 4.56. The normalized spacial score (nSPS) is 19.1. The second kappa shape index (κ2) is 7.62. The summed E-state index contributed by atoms with van der Waals surface area (Å²) in [5.41, 5.74) is 1.60. The van der Waals surface area contributed by atoms with Gasteiger partial charge in [-0.05, 0) is 24.8 Å². The van der Waals surface area contributed by atoms with Crippen LogP contribution < -0.4 is 5.32 Å². The molecule has 0 unspecified atom stereocenters. The van der Waals surface area contributed by atoms with Crippen LogP contribution in [0.4, 0.5) is 10.6 Å². The second-order valence-electron chi connectivity index (χ2n) is 6.44. The summed E-state index contributed by atoms with van der Waals surface area (Å²) in [6.07, 6.45) is 4.13. The minimum atomic E-state index is -1.00. The Morgan fingerprint density at radius 3 is 2.80 bits per heavy atom. The third kappa shape index (κ3) is 4.55. The molecule has 0 radical (unpaired) electrons. The molecular weight excluding hydrogens is 322 g/mol. The van der Waals surface area contributed by atoms with Crippen LogP contribution in [0, 0.1) is 0 Å². The fourth-order valence-corrected chi connectivity index (χ4v) is 2.99. The number of nitrogens with one attached hydrogen (secondary N) is 1. The molecule has 0 aromatic carbocycles. The Bertz CT molecular complexity index is 683. The topological polar surface area (TPSA) is 89.0 Å². The van der Waals surface area contributed by atoms with E-state index in [1.54, 1.807) is 11.1 Å². The number of amides is 2. The van der Waals surface area contributed by atoms with Gasteiger partial charge in [-0.3, -0.25) is 10.2 Å². The Morgan fingerprint density at radius 1 is 1.32 bits per heavy atom. The largest absolute Gasteiger partial charge is 0.478 e. The van der Waals surface area contributed by atoms with Gasteiger partial charge in [0.1, 0.15) is 5.82 Å². The number of carboxylic acids is 1. The Balaban J connectivity index is 1.62. The number of piperazine rings is 1. The maximum absolute atomic E-state index is 12.2. The molecule has 1 aromatic rings. The predicted octanol–water partition coefficient (Wildman–Crippen LogP) is 0.774. The van der Waals surface area contributed by atoms with Gasteiger partial charge < -0.3 is 14.9 Å². The lowest BCUT2D eigenvalue weighted by Crippen LogP contribution is -2.48. The van der Waals surface area contributed by atoms with Gasteiger partial charge in [-0.2, -0.15) is 0 Å². The Morgan fingerprint density at radius 2 is 2.08 bits per heavy atom. The van der Waals surface area contributed by atoms with Gasteiger partial charge in [0.25, 0.3) is 0 Å². The lowest BCUT2D eigenvalue weighted by molar-refractivity contribution is -0.131. The first-order chi connectivity index (χ1) is 12.0. The maximum atomic E-state index is 12.2. The zero-order chi connectivity index (χ0) is 17.8. The number of aliphatic carboxylic acids is 1. The zero-order valence-corrected chi connectivity index (χ0v) is 14.3. The van der Waals surface area contributed by atoms with E-state index < -0.39 is 5.97 Å². The molecule has 134 valence electrons. The van der Waals surface area contributed by atoms with Crippen LogP contribution in [0.1, 0.15) is 11.1 Å². The minimum absolute atomic E-state index is 0.136. The Labute approximate surface area is 146 Å². The number of urea groups is 1. The second-order valence-corrected chi connectivity index (χ2v) is 6.44. The Kier molecular flexibility index (Phi) is 5.30. The van der Waals surface area contributed by atoms with Crippen molar-refractivity contribution in [1.82, 2.24) is 19.7 Å². The van der Waals surface area contributed by atoms with Gasteiger partial charge in [0.2, 0.25) is 0 Å². The molecule has 8 nitrogen and oxygen atoms in total. The highest BCUT2D eigenvalue weighted by molar-refractivity contribution is 5.91. The van der Waals surface area contributed by atoms with Crippen LogP contribution in [0.25, 0.3) is 6.08 Å². The van der Waals surface area contributed by atoms with Crippen LogP contribution in [-0.2, 0) is 11.3 Å². The zero-order valence-electron chi connectivity index (χ0n) is 14.3. The average Bonchev–Trinajstić information content (AvgIpc) is 2.59. The van der Waals surface area contributed by atoms with Crippen molar-refractivity contribution in [2.24, 2.45) is 0 Å². The van der Waals surface area contributed by atoms with E-state index in [9.17, 15) is 9.59 Å². The highest BCUT2D eigenvalue weighted by Gasteiger charge is 2.24. The van der Waals surface area contributed by atoms with Crippen molar-refractivity contribution in [2.45, 2.75) is 6.54 Å². The van der Waals surface area contributed by atoms with E-state index in [-0.39, 0.29) is 6.03 Å². The molecule has 1 saturated heterocycles. The minimum Gasteiger partial charge on any atom is -0.478 e. The summed E-state index contributed by atoms with van der Waals surface area (Å²) in [6, 6.07) is 1.73. The summed E-state index contributed by atoms with van der Waals surface area (Å²) in [4.78, 5) is 33.5. The lowest BCUT2D eigenvalue weighted by atomic mass is 10.1. The molecule has 2 aliphatic rings. The third-order valence-corrected chi connectivity index (χ3v) is 4.56. The Hall–Kier alpha value is -2.45. The number of fused-ring (bicyclic) bond motifs is 1. The van der Waals surface area contributed by atoms with Crippen LogP contribution in [0.5, 0.6) is 0 Å². The molecule has 0 spiro atoms. The number of carboxylic acid groups (broad SMARTS) is 1. The first-order valence-electron chi connectivity index (χ1n) is 8.38. The van der Waals surface area contributed by atoms with Crippen LogP contribution >= 0.6 is 0 Å². The standard InChI is InChI=1S/C17H23N5O3/c1-20-4-6-21(7-5-20)8-9-22-12-14-10-13(2-3-15(23)24)11-18-16(14)19-17(22)25/h2-3,10-11H,4-9,12H2,1H3,(H,23,24)(H,18,19,25)/b3-2+. The van der Waals surface area contributed by atoms with Crippen LogP contribution in [0.15, 0.2) is 18.3 Å². The molecule has 1 fully saturated rings. The summed E-state index contributed by atoms with van der Waals surface area (Å²) in [7, 11) is 2.12. The number of likely N-dealkylation sites (N-methyl/N-ethyl adjacent to an activating group) is 1. The van der Waals surface area contributed by atoms with Crippen molar-refractivity contribution in [3.05, 3.63) is 29.5 Å². The van der Waals surface area contributed by atoms with Crippen molar-refractivity contribution in [2.75, 3.05) is 51.6 Å². The summed E-state index contributed by atoms with van der Waals surface area (Å²) in [5.74, 6) is -0.451. The first-order valence-corrected chi connectivity index (χ1v) is 8.38. The van der Waals surface area contributed by atoms with Gasteiger partial charge in [0.15, 0.2) is 0 Å². The molecular formula is C17H23N5O3. The van der Waals surface area contributed by atoms with Crippen LogP contribution in [0.2, 0.25) is 0 Å². The van der Waals surface area contributed by atoms with E-state index in [0.717, 1.165) is 44.4 Å². The van der Waals surface area contributed by atoms with E-state index in [2.05, 4.69) is 27.1 Å². The molecule has 2 amide bonds. The van der Waals surface area contributed by atoms with Crippen molar-refractivity contribution < 1.29 is 14.7 Å². The molecule has 0 atom stereocenters. The van der Waals surface area contributed by atoms with Crippen molar-refractivity contribution >= 4 is 23.9 Å². The molecule has 0 aliphatic carbocycles. The molecule has 25 heavy (non-hydrogen) atoms. The van der Waals surface area contributed by atoms with Gasteiger partial charge in [0, 0.05) is 57.1 Å². The fraction of sp³-hybridized carbons (Fsp3) is 0.471. The molecule has 0 bridgehead atoms. The van der Waals surface area contributed by atoms with Crippen molar-refractivity contribution in [1.29, 1.82) is 0 Å². The van der Waals surface area contributed by atoms with Gasteiger partial charge in [-0.15, -0.1) is 0 Å². The van der Waals surface area contributed by atoms with Gasteiger partial charge in [-0.1, -0.05) is 0 Å². The average molecular weight is 345 g/mol. The van der Waals surface area contributed by atoms with E-state index in [1.807, 2.05) is 6.07 Å². The molecule has 2 N–H and O–H groups in total.